The number of esters is 3. The molecule has 0 aliphatic carbocycles. The molecular weight excluding hydrogens is 496 g/mol. The zero-order valence-corrected chi connectivity index (χ0v) is 22.2. The minimum absolute atomic E-state index is 0.0179. The summed E-state index contributed by atoms with van der Waals surface area (Å²) in [6.45, 7) is 3.65. The van der Waals surface area contributed by atoms with Gasteiger partial charge in [0.05, 0.1) is 47.1 Å². The van der Waals surface area contributed by atoms with Crippen molar-refractivity contribution >= 4 is 34.5 Å². The Morgan fingerprint density at radius 3 is 2.08 bits per heavy atom. The summed E-state index contributed by atoms with van der Waals surface area (Å²) >= 11 is 0. The number of fused-ring (bicyclic) bond motifs is 1. The summed E-state index contributed by atoms with van der Waals surface area (Å²) in [5.41, 5.74) is 2.68. The fourth-order valence-corrected chi connectivity index (χ4v) is 3.43. The number of benzene rings is 2. The molecule has 11 nitrogen and oxygen atoms in total. The monoisotopic (exact) mass is 526 g/mol. The summed E-state index contributed by atoms with van der Waals surface area (Å²) in [6, 6.07) is 9.95. The second-order valence-corrected chi connectivity index (χ2v) is 7.68. The van der Waals surface area contributed by atoms with Gasteiger partial charge in [-0.2, -0.15) is 0 Å². The molecule has 0 atom stereocenters. The molecule has 0 amide bonds. The number of carbonyl (C=O) groups excluding carboxylic acids is 3. The number of hydrogen-bond donors (Lipinski definition) is 2. The maximum Gasteiger partial charge on any atom is 0.354 e. The Morgan fingerprint density at radius 2 is 1.50 bits per heavy atom. The molecule has 0 saturated carbocycles. The summed E-state index contributed by atoms with van der Waals surface area (Å²) in [7, 11) is 6.83. The number of methoxy groups -OCH3 is 5. The van der Waals surface area contributed by atoms with Crippen molar-refractivity contribution in [2.24, 2.45) is 0 Å². The molecule has 0 saturated heterocycles. The van der Waals surface area contributed by atoms with Gasteiger partial charge in [0.25, 0.3) is 0 Å². The molecule has 0 spiro atoms. The molecular formula is C27H30N2O9. The van der Waals surface area contributed by atoms with E-state index >= 15 is 0 Å². The number of carbonyl (C=O) groups is 3. The molecule has 0 unspecified atom stereocenters. The molecule has 202 valence electrons. The van der Waals surface area contributed by atoms with Crippen LogP contribution in [0.5, 0.6) is 11.5 Å². The van der Waals surface area contributed by atoms with E-state index in [2.05, 4.69) is 24.5 Å². The maximum absolute atomic E-state index is 11.9. The minimum Gasteiger partial charge on any atom is -0.496 e. The van der Waals surface area contributed by atoms with E-state index in [0.717, 1.165) is 17.2 Å². The normalized spacial score (nSPS) is 10.6. The number of hydrogen-bond acceptors (Lipinski definition) is 10. The second kappa shape index (κ2) is 13.5. The van der Waals surface area contributed by atoms with Gasteiger partial charge >= 0.3 is 17.9 Å². The van der Waals surface area contributed by atoms with Crippen molar-refractivity contribution in [3.05, 3.63) is 75.2 Å². The molecule has 2 aromatic carbocycles. The molecule has 2 N–H and O–H groups in total. The van der Waals surface area contributed by atoms with Gasteiger partial charge in [0.1, 0.15) is 22.9 Å². The summed E-state index contributed by atoms with van der Waals surface area (Å²) in [6.07, 6.45) is 1.03. The van der Waals surface area contributed by atoms with Crippen molar-refractivity contribution in [3.63, 3.8) is 0 Å². The fraction of sp³-hybridized carbons (Fsp3) is 0.259. The molecule has 1 aromatic heterocycles. The lowest BCUT2D eigenvalue weighted by atomic mass is 10.1. The van der Waals surface area contributed by atoms with Gasteiger partial charge in [-0.05, 0) is 38.1 Å². The Bertz CT molecular complexity index is 1420. The number of rotatable bonds is 7. The third-order valence-electron chi connectivity index (χ3n) is 5.48. The SMILES string of the molecule is COC(=O)/C=C(/Nc1cccc(OC)c1C)C(=O)OC.COC(=O)c1cc(=O)c2ccc(OC)c(C)c2[nH]1. The van der Waals surface area contributed by atoms with E-state index in [0.29, 0.717) is 28.1 Å². The number of aromatic amines is 1. The number of H-pyrrole nitrogens is 1. The van der Waals surface area contributed by atoms with Gasteiger partial charge in [0.15, 0.2) is 5.43 Å². The highest BCUT2D eigenvalue weighted by atomic mass is 16.5. The standard InChI is InChI=1S/C14H17NO5.C13H13NO4/c1-9-10(6-5-7-12(9)18-2)15-11(14(17)20-4)8-13(16)19-3;1-7-11(17-2)5-4-8-10(15)6-9(13(16)18-3)14-12(7)8/h5-8,15H,1-4H3;4-6H,1-3H3,(H,14,15)/b11-8+;. The Kier molecular flexibility index (Phi) is 10.4. The smallest absolute Gasteiger partial charge is 0.354 e. The Hall–Kier alpha value is -4.80. The van der Waals surface area contributed by atoms with E-state index in [1.54, 1.807) is 44.6 Å². The first-order valence-corrected chi connectivity index (χ1v) is 11.2. The third-order valence-corrected chi connectivity index (χ3v) is 5.48. The van der Waals surface area contributed by atoms with Gasteiger partial charge in [-0.25, -0.2) is 14.4 Å². The molecule has 11 heteroatoms. The topological polar surface area (TPSA) is 142 Å². The Labute approximate surface area is 219 Å². The maximum atomic E-state index is 11.9. The lowest BCUT2D eigenvalue weighted by molar-refractivity contribution is -0.138. The quantitative estimate of drug-likeness (QED) is 0.267. The van der Waals surface area contributed by atoms with Crippen LogP contribution < -0.4 is 20.2 Å². The first-order chi connectivity index (χ1) is 18.1. The molecule has 0 fully saturated rings. The van der Waals surface area contributed by atoms with Crippen molar-refractivity contribution in [3.8, 4) is 11.5 Å². The average Bonchev–Trinajstić information content (AvgIpc) is 2.93. The predicted molar refractivity (Wildman–Crippen MR) is 141 cm³/mol. The van der Waals surface area contributed by atoms with Gasteiger partial charge in [-0.15, -0.1) is 0 Å². The number of nitrogens with one attached hydrogen (secondary N) is 2. The molecule has 3 rings (SSSR count). The van der Waals surface area contributed by atoms with Gasteiger partial charge in [0.2, 0.25) is 0 Å². The van der Waals surface area contributed by atoms with Crippen molar-refractivity contribution in [1.29, 1.82) is 0 Å². The van der Waals surface area contributed by atoms with E-state index in [1.807, 2.05) is 13.8 Å². The lowest BCUT2D eigenvalue weighted by Gasteiger charge is -2.13. The van der Waals surface area contributed by atoms with Crippen LogP contribution in [0.1, 0.15) is 21.6 Å². The highest BCUT2D eigenvalue weighted by Crippen LogP contribution is 2.26. The molecule has 0 bridgehead atoms. The van der Waals surface area contributed by atoms with Gasteiger partial charge in [-0.1, -0.05) is 6.07 Å². The van der Waals surface area contributed by atoms with Crippen molar-refractivity contribution in [1.82, 2.24) is 4.98 Å². The van der Waals surface area contributed by atoms with Crippen molar-refractivity contribution in [2.45, 2.75) is 13.8 Å². The van der Waals surface area contributed by atoms with Crippen LogP contribution in [0.3, 0.4) is 0 Å². The second-order valence-electron chi connectivity index (χ2n) is 7.68. The number of anilines is 1. The summed E-state index contributed by atoms with van der Waals surface area (Å²) in [5, 5.41) is 3.36. The van der Waals surface area contributed by atoms with Gasteiger partial charge < -0.3 is 34.0 Å². The van der Waals surface area contributed by atoms with Crippen LogP contribution in [-0.4, -0.2) is 58.4 Å². The zero-order valence-electron chi connectivity index (χ0n) is 22.2. The van der Waals surface area contributed by atoms with E-state index < -0.39 is 17.9 Å². The Morgan fingerprint density at radius 1 is 0.842 bits per heavy atom. The molecule has 38 heavy (non-hydrogen) atoms. The van der Waals surface area contributed by atoms with Crippen LogP contribution in [0, 0.1) is 13.8 Å². The van der Waals surface area contributed by atoms with Crippen LogP contribution in [0.4, 0.5) is 5.69 Å². The predicted octanol–water partition coefficient (Wildman–Crippen LogP) is 3.28. The van der Waals surface area contributed by atoms with Crippen molar-refractivity contribution < 1.29 is 38.1 Å². The molecule has 0 aliphatic rings. The number of ether oxygens (including phenoxy) is 5. The highest BCUT2D eigenvalue weighted by Gasteiger charge is 2.15. The molecule has 3 aromatic rings. The first kappa shape index (κ1) is 29.4. The van der Waals surface area contributed by atoms with E-state index in [1.165, 1.54) is 27.4 Å². The molecule has 0 aliphatic heterocycles. The number of aryl methyl sites for hydroxylation is 1. The van der Waals surface area contributed by atoms with Crippen LogP contribution in [0.2, 0.25) is 0 Å². The summed E-state index contributed by atoms with van der Waals surface area (Å²) < 4.78 is 24.1. The zero-order chi connectivity index (χ0) is 28.4. The number of pyridine rings is 1. The average molecular weight is 527 g/mol. The van der Waals surface area contributed by atoms with Crippen molar-refractivity contribution in [2.75, 3.05) is 40.9 Å². The molecule has 0 radical (unpaired) electrons. The van der Waals surface area contributed by atoms with E-state index in [9.17, 15) is 19.2 Å². The Balaban J connectivity index is 0.000000268. The van der Waals surface area contributed by atoms with E-state index in [4.69, 9.17) is 9.47 Å². The largest absolute Gasteiger partial charge is 0.496 e. The van der Waals surface area contributed by atoms with Crippen LogP contribution in [0.25, 0.3) is 10.9 Å². The van der Waals surface area contributed by atoms with Crippen LogP contribution >= 0.6 is 0 Å². The summed E-state index contributed by atoms with van der Waals surface area (Å²) in [4.78, 5) is 49.2. The minimum atomic E-state index is -0.669. The summed E-state index contributed by atoms with van der Waals surface area (Å²) in [5.74, 6) is -0.579. The first-order valence-electron chi connectivity index (χ1n) is 11.2. The van der Waals surface area contributed by atoms with Gasteiger partial charge in [0, 0.05) is 28.3 Å². The number of aromatic nitrogens is 1. The fourth-order valence-electron chi connectivity index (χ4n) is 3.43. The molecule has 1 heterocycles. The highest BCUT2D eigenvalue weighted by molar-refractivity contribution is 5.99. The van der Waals surface area contributed by atoms with Crippen LogP contribution in [0.15, 0.2) is 53.0 Å². The lowest BCUT2D eigenvalue weighted by Crippen LogP contribution is -2.16. The van der Waals surface area contributed by atoms with Crippen LogP contribution in [-0.2, 0) is 23.8 Å². The van der Waals surface area contributed by atoms with E-state index in [-0.39, 0.29) is 16.8 Å². The van der Waals surface area contributed by atoms with Gasteiger partial charge in [-0.3, -0.25) is 4.79 Å². The third kappa shape index (κ3) is 6.90.